The van der Waals surface area contributed by atoms with Crippen LogP contribution in [0.3, 0.4) is 0 Å². The van der Waals surface area contributed by atoms with Gasteiger partial charge in [0.25, 0.3) is 5.91 Å². The molecule has 29 heavy (non-hydrogen) atoms. The molecule has 156 valence electrons. The van der Waals surface area contributed by atoms with Gasteiger partial charge in [-0.25, -0.2) is 0 Å². The molecule has 0 spiro atoms. The van der Waals surface area contributed by atoms with Crippen LogP contribution in [0.25, 0.3) is 0 Å². The van der Waals surface area contributed by atoms with Crippen LogP contribution in [0.15, 0.2) is 36.4 Å². The SMILES string of the molecule is COc1ccc(C(=O)NCC(O)CN(C)c2ccc3c(c2)OCCO3)cc1OC. The first kappa shape index (κ1) is 20.6. The average Bonchev–Trinajstić information content (AvgIpc) is 2.76. The lowest BCUT2D eigenvalue weighted by Crippen LogP contribution is -2.39. The first-order chi connectivity index (χ1) is 14.0. The fourth-order valence-electron chi connectivity index (χ4n) is 3.05. The summed E-state index contributed by atoms with van der Waals surface area (Å²) in [5.41, 5.74) is 1.31. The molecule has 1 unspecified atom stereocenters. The van der Waals surface area contributed by atoms with Gasteiger partial charge >= 0.3 is 0 Å². The molecular formula is C21H26N2O6. The normalized spacial score (nSPS) is 13.4. The number of nitrogens with zero attached hydrogens (tertiary/aromatic N) is 1. The van der Waals surface area contributed by atoms with Gasteiger partial charge in [0.15, 0.2) is 23.0 Å². The number of aliphatic hydroxyl groups excluding tert-OH is 1. The summed E-state index contributed by atoms with van der Waals surface area (Å²) in [6, 6.07) is 10.5. The molecule has 8 nitrogen and oxygen atoms in total. The molecule has 0 saturated carbocycles. The molecule has 2 N–H and O–H groups in total. The van der Waals surface area contributed by atoms with E-state index in [0.717, 1.165) is 11.4 Å². The largest absolute Gasteiger partial charge is 0.493 e. The Bertz CT molecular complexity index is 857. The second-order valence-corrected chi connectivity index (χ2v) is 6.64. The number of likely N-dealkylation sites (N-methyl/N-ethyl adjacent to an activating group) is 1. The molecule has 0 saturated heterocycles. The van der Waals surface area contributed by atoms with Crippen LogP contribution in [0.4, 0.5) is 5.69 Å². The fraction of sp³-hybridized carbons (Fsp3) is 0.381. The van der Waals surface area contributed by atoms with Gasteiger partial charge in [-0.05, 0) is 30.3 Å². The van der Waals surface area contributed by atoms with E-state index in [1.165, 1.54) is 14.2 Å². The van der Waals surface area contributed by atoms with E-state index in [1.807, 2.05) is 30.1 Å². The van der Waals surface area contributed by atoms with Gasteiger partial charge in [0, 0.05) is 37.5 Å². The Kier molecular flexibility index (Phi) is 6.66. The molecule has 2 aromatic carbocycles. The van der Waals surface area contributed by atoms with Crippen molar-refractivity contribution in [2.24, 2.45) is 0 Å². The highest BCUT2D eigenvalue weighted by atomic mass is 16.6. The molecule has 3 rings (SSSR count). The van der Waals surface area contributed by atoms with E-state index < -0.39 is 6.10 Å². The molecule has 0 aliphatic carbocycles. The van der Waals surface area contributed by atoms with Gasteiger partial charge in [0.1, 0.15) is 13.2 Å². The number of fused-ring (bicyclic) bond motifs is 1. The quantitative estimate of drug-likeness (QED) is 0.695. The third-order valence-electron chi connectivity index (χ3n) is 4.60. The van der Waals surface area contributed by atoms with Crippen molar-refractivity contribution < 1.29 is 28.8 Å². The summed E-state index contributed by atoms with van der Waals surface area (Å²) in [6.07, 6.45) is -0.753. The lowest BCUT2D eigenvalue weighted by Gasteiger charge is -2.25. The second kappa shape index (κ2) is 9.38. The maximum atomic E-state index is 12.4. The van der Waals surface area contributed by atoms with E-state index in [4.69, 9.17) is 18.9 Å². The number of amides is 1. The van der Waals surface area contributed by atoms with Crippen molar-refractivity contribution in [3.63, 3.8) is 0 Å². The Balaban J connectivity index is 1.54. The van der Waals surface area contributed by atoms with Gasteiger partial charge in [-0.3, -0.25) is 4.79 Å². The zero-order valence-corrected chi connectivity index (χ0v) is 16.8. The number of carbonyl (C=O) groups is 1. The molecule has 1 aliphatic heterocycles. The number of carbonyl (C=O) groups excluding carboxylic acids is 1. The molecule has 0 bridgehead atoms. The molecule has 1 heterocycles. The van der Waals surface area contributed by atoms with Crippen LogP contribution in [0.1, 0.15) is 10.4 Å². The van der Waals surface area contributed by atoms with Gasteiger partial charge in [0.2, 0.25) is 0 Å². The first-order valence-corrected chi connectivity index (χ1v) is 9.31. The van der Waals surface area contributed by atoms with Crippen LogP contribution in [0.2, 0.25) is 0 Å². The van der Waals surface area contributed by atoms with Crippen molar-refractivity contribution in [2.45, 2.75) is 6.10 Å². The number of methoxy groups -OCH3 is 2. The summed E-state index contributed by atoms with van der Waals surface area (Å²) in [6.45, 7) is 1.51. The minimum Gasteiger partial charge on any atom is -0.493 e. The molecule has 1 amide bonds. The van der Waals surface area contributed by atoms with Crippen LogP contribution >= 0.6 is 0 Å². The van der Waals surface area contributed by atoms with E-state index in [0.29, 0.717) is 42.6 Å². The Labute approximate surface area is 169 Å². The predicted molar refractivity (Wildman–Crippen MR) is 109 cm³/mol. The maximum Gasteiger partial charge on any atom is 0.251 e. The molecule has 0 fully saturated rings. The van der Waals surface area contributed by atoms with E-state index >= 15 is 0 Å². The highest BCUT2D eigenvalue weighted by Crippen LogP contribution is 2.33. The predicted octanol–water partition coefficient (Wildman–Crippen LogP) is 1.70. The van der Waals surface area contributed by atoms with Gasteiger partial charge in [0.05, 0.1) is 20.3 Å². The summed E-state index contributed by atoms with van der Waals surface area (Å²) in [4.78, 5) is 14.3. The molecular weight excluding hydrogens is 376 g/mol. The summed E-state index contributed by atoms with van der Waals surface area (Å²) in [7, 11) is 4.91. The lowest BCUT2D eigenvalue weighted by molar-refractivity contribution is 0.0919. The van der Waals surface area contributed by atoms with Gasteiger partial charge < -0.3 is 34.3 Å². The Morgan fingerprint density at radius 1 is 1.10 bits per heavy atom. The minimum atomic E-state index is -0.753. The molecule has 1 aliphatic rings. The number of hydrogen-bond acceptors (Lipinski definition) is 7. The van der Waals surface area contributed by atoms with Crippen LogP contribution in [-0.4, -0.2) is 64.7 Å². The van der Waals surface area contributed by atoms with Crippen molar-refractivity contribution >= 4 is 11.6 Å². The molecule has 2 aromatic rings. The van der Waals surface area contributed by atoms with Crippen molar-refractivity contribution in [1.29, 1.82) is 0 Å². The van der Waals surface area contributed by atoms with E-state index in [1.54, 1.807) is 18.2 Å². The topological polar surface area (TPSA) is 89.5 Å². The number of aliphatic hydroxyl groups is 1. The molecule has 0 radical (unpaired) electrons. The van der Waals surface area contributed by atoms with Crippen molar-refractivity contribution in [3.05, 3.63) is 42.0 Å². The fourth-order valence-corrected chi connectivity index (χ4v) is 3.05. The lowest BCUT2D eigenvalue weighted by atomic mass is 10.2. The third-order valence-corrected chi connectivity index (χ3v) is 4.60. The highest BCUT2D eigenvalue weighted by Gasteiger charge is 2.16. The number of nitrogens with one attached hydrogen (secondary N) is 1. The number of anilines is 1. The summed E-state index contributed by atoms with van der Waals surface area (Å²) in [5.74, 6) is 2.13. The molecule has 1 atom stereocenters. The number of benzene rings is 2. The standard InChI is InChI=1S/C21H26N2O6/c1-23(15-5-7-18-20(11-15)29-9-8-28-18)13-16(24)12-22-21(25)14-4-6-17(26-2)19(10-14)27-3/h4-7,10-11,16,24H,8-9,12-13H2,1-3H3,(H,22,25). The van der Waals surface area contributed by atoms with Crippen molar-refractivity contribution in [1.82, 2.24) is 5.32 Å². The zero-order valence-electron chi connectivity index (χ0n) is 16.8. The van der Waals surface area contributed by atoms with Crippen LogP contribution in [-0.2, 0) is 0 Å². The van der Waals surface area contributed by atoms with Gasteiger partial charge in [-0.1, -0.05) is 0 Å². The van der Waals surface area contributed by atoms with Crippen LogP contribution in [0, 0.1) is 0 Å². The third kappa shape index (κ3) is 5.03. The average molecular weight is 402 g/mol. The van der Waals surface area contributed by atoms with E-state index in [2.05, 4.69) is 5.32 Å². The summed E-state index contributed by atoms with van der Waals surface area (Å²) in [5, 5.41) is 13.1. The molecule has 0 aromatic heterocycles. The maximum absolute atomic E-state index is 12.4. The van der Waals surface area contributed by atoms with Crippen molar-refractivity contribution in [2.75, 3.05) is 52.5 Å². The Morgan fingerprint density at radius 3 is 2.55 bits per heavy atom. The molecule has 8 heteroatoms. The Hall–Kier alpha value is -3.13. The summed E-state index contributed by atoms with van der Waals surface area (Å²) >= 11 is 0. The van der Waals surface area contributed by atoms with E-state index in [-0.39, 0.29) is 12.5 Å². The highest BCUT2D eigenvalue weighted by molar-refractivity contribution is 5.94. The Morgan fingerprint density at radius 2 is 1.83 bits per heavy atom. The monoisotopic (exact) mass is 402 g/mol. The first-order valence-electron chi connectivity index (χ1n) is 9.31. The van der Waals surface area contributed by atoms with Crippen molar-refractivity contribution in [3.8, 4) is 23.0 Å². The zero-order chi connectivity index (χ0) is 20.8. The van der Waals surface area contributed by atoms with Gasteiger partial charge in [-0.2, -0.15) is 0 Å². The number of rotatable bonds is 8. The van der Waals surface area contributed by atoms with Crippen LogP contribution in [0.5, 0.6) is 23.0 Å². The van der Waals surface area contributed by atoms with Gasteiger partial charge in [-0.15, -0.1) is 0 Å². The minimum absolute atomic E-state index is 0.113. The number of hydrogen-bond donors (Lipinski definition) is 2. The number of ether oxygens (including phenoxy) is 4. The van der Waals surface area contributed by atoms with E-state index in [9.17, 15) is 9.90 Å². The summed E-state index contributed by atoms with van der Waals surface area (Å²) < 4.78 is 21.5. The second-order valence-electron chi connectivity index (χ2n) is 6.64. The van der Waals surface area contributed by atoms with Crippen LogP contribution < -0.4 is 29.2 Å². The smallest absolute Gasteiger partial charge is 0.251 e.